The Morgan fingerprint density at radius 3 is 2.29 bits per heavy atom. The van der Waals surface area contributed by atoms with Crippen molar-refractivity contribution in [2.75, 3.05) is 0 Å². The molecule has 84 valence electrons. The Bertz CT molecular complexity index is 172. The van der Waals surface area contributed by atoms with Gasteiger partial charge in [-0.3, -0.25) is 0 Å². The summed E-state index contributed by atoms with van der Waals surface area (Å²) in [5, 5.41) is 8.68. The lowest BCUT2D eigenvalue weighted by molar-refractivity contribution is -0.139. The summed E-state index contributed by atoms with van der Waals surface area (Å²) in [7, 11) is 0. The Morgan fingerprint density at radius 2 is 1.79 bits per heavy atom. The van der Waals surface area contributed by atoms with Gasteiger partial charge in [-0.05, 0) is 6.42 Å². The van der Waals surface area contributed by atoms with Gasteiger partial charge in [0.25, 0.3) is 0 Å². The van der Waals surface area contributed by atoms with Crippen molar-refractivity contribution in [3.63, 3.8) is 0 Å². The highest BCUT2D eigenvalue weighted by Crippen LogP contribution is 2.17. The first-order chi connectivity index (χ1) is 6.50. The van der Waals surface area contributed by atoms with Crippen molar-refractivity contribution in [3.8, 4) is 0 Å². The predicted octanol–water partition coefficient (Wildman–Crippen LogP) is 2.41. The third kappa shape index (κ3) is 6.27. The summed E-state index contributed by atoms with van der Waals surface area (Å²) in [5.74, 6) is -1.03. The van der Waals surface area contributed by atoms with Crippen molar-refractivity contribution < 1.29 is 9.90 Å². The van der Waals surface area contributed by atoms with E-state index < -0.39 is 10.8 Å². The molecule has 0 fully saturated rings. The molecule has 3 nitrogen and oxygen atoms in total. The standard InChI is InChI=1S/C10H21NO2S/c1-2-3-4-5-6-7-8-10(11,14)9(12)13/h14H,2-8,11H2,1H3,(H,12,13). The topological polar surface area (TPSA) is 63.3 Å². The van der Waals surface area contributed by atoms with Gasteiger partial charge in [0, 0.05) is 0 Å². The lowest BCUT2D eigenvalue weighted by Gasteiger charge is -2.17. The van der Waals surface area contributed by atoms with Crippen molar-refractivity contribution in [3.05, 3.63) is 0 Å². The number of unbranched alkanes of at least 4 members (excludes halogenated alkanes) is 5. The van der Waals surface area contributed by atoms with Gasteiger partial charge in [0.2, 0.25) is 0 Å². The Balaban J connectivity index is 3.40. The first kappa shape index (κ1) is 13.8. The number of hydrogen-bond acceptors (Lipinski definition) is 3. The van der Waals surface area contributed by atoms with E-state index in [1.54, 1.807) is 0 Å². The fourth-order valence-corrected chi connectivity index (χ4v) is 1.44. The van der Waals surface area contributed by atoms with Gasteiger partial charge < -0.3 is 10.8 Å². The number of carboxylic acid groups (broad SMARTS) is 1. The zero-order valence-electron chi connectivity index (χ0n) is 8.83. The summed E-state index contributed by atoms with van der Waals surface area (Å²) >= 11 is 3.90. The summed E-state index contributed by atoms with van der Waals surface area (Å²) in [6.07, 6.45) is 7.21. The molecule has 0 aromatic carbocycles. The molecule has 0 rings (SSSR count). The number of carboxylic acids is 1. The van der Waals surface area contributed by atoms with Gasteiger partial charge >= 0.3 is 5.97 Å². The Kier molecular flexibility index (Phi) is 7.01. The monoisotopic (exact) mass is 219 g/mol. The lowest BCUT2D eigenvalue weighted by Crippen LogP contribution is -2.42. The summed E-state index contributed by atoms with van der Waals surface area (Å²) in [4.78, 5) is 9.24. The van der Waals surface area contributed by atoms with Crippen LogP contribution in [0, 0.1) is 0 Å². The van der Waals surface area contributed by atoms with Crippen LogP contribution in [0.25, 0.3) is 0 Å². The molecular formula is C10H21NO2S. The van der Waals surface area contributed by atoms with Crippen LogP contribution in [0.15, 0.2) is 0 Å². The van der Waals surface area contributed by atoms with E-state index in [-0.39, 0.29) is 0 Å². The lowest BCUT2D eigenvalue weighted by atomic mass is 10.1. The summed E-state index contributed by atoms with van der Waals surface area (Å²) in [5.41, 5.74) is 5.47. The maximum atomic E-state index is 10.6. The molecule has 1 unspecified atom stereocenters. The van der Waals surface area contributed by atoms with Gasteiger partial charge in [0.15, 0.2) is 4.87 Å². The number of rotatable bonds is 8. The smallest absolute Gasteiger partial charge is 0.333 e. The van der Waals surface area contributed by atoms with Crippen LogP contribution in [0.2, 0.25) is 0 Å². The zero-order chi connectivity index (χ0) is 11.0. The molecule has 0 aliphatic carbocycles. The molecule has 0 aliphatic rings. The van der Waals surface area contributed by atoms with Crippen molar-refractivity contribution in [1.82, 2.24) is 0 Å². The summed E-state index contributed by atoms with van der Waals surface area (Å²) in [6, 6.07) is 0. The molecule has 0 amide bonds. The molecule has 1 atom stereocenters. The molecule has 0 bridgehead atoms. The minimum absolute atomic E-state index is 0.442. The molecule has 0 saturated carbocycles. The summed E-state index contributed by atoms with van der Waals surface area (Å²) < 4.78 is 0. The van der Waals surface area contributed by atoms with E-state index in [1.807, 2.05) is 0 Å². The van der Waals surface area contributed by atoms with E-state index in [2.05, 4.69) is 19.6 Å². The van der Waals surface area contributed by atoms with Crippen molar-refractivity contribution >= 4 is 18.6 Å². The van der Waals surface area contributed by atoms with Crippen LogP contribution in [0.1, 0.15) is 51.9 Å². The van der Waals surface area contributed by atoms with E-state index >= 15 is 0 Å². The maximum Gasteiger partial charge on any atom is 0.333 e. The van der Waals surface area contributed by atoms with Crippen molar-refractivity contribution in [1.29, 1.82) is 0 Å². The first-order valence-electron chi connectivity index (χ1n) is 5.25. The molecule has 3 N–H and O–H groups in total. The third-order valence-electron chi connectivity index (χ3n) is 2.28. The molecule has 14 heavy (non-hydrogen) atoms. The summed E-state index contributed by atoms with van der Waals surface area (Å²) in [6.45, 7) is 2.17. The highest BCUT2D eigenvalue weighted by atomic mass is 32.1. The van der Waals surface area contributed by atoms with Gasteiger partial charge in [-0.2, -0.15) is 0 Å². The number of carbonyl (C=O) groups is 1. The molecule has 0 aromatic heterocycles. The van der Waals surface area contributed by atoms with Crippen LogP contribution in [-0.2, 0) is 4.79 Å². The van der Waals surface area contributed by atoms with E-state index in [1.165, 1.54) is 19.3 Å². The molecule has 0 aliphatic heterocycles. The third-order valence-corrected chi connectivity index (χ3v) is 2.70. The minimum Gasteiger partial charge on any atom is -0.479 e. The predicted molar refractivity (Wildman–Crippen MR) is 61.5 cm³/mol. The van der Waals surface area contributed by atoms with Crippen LogP contribution in [0.3, 0.4) is 0 Å². The SMILES string of the molecule is CCCCCCCCC(N)(S)C(=O)O. The fourth-order valence-electron chi connectivity index (χ4n) is 1.28. The van der Waals surface area contributed by atoms with Gasteiger partial charge in [0.1, 0.15) is 0 Å². The second kappa shape index (κ2) is 7.12. The van der Waals surface area contributed by atoms with Crippen LogP contribution >= 0.6 is 12.6 Å². The average Bonchev–Trinajstić information content (AvgIpc) is 2.10. The number of nitrogens with two attached hydrogens (primary N) is 1. The van der Waals surface area contributed by atoms with Crippen LogP contribution in [-0.4, -0.2) is 15.9 Å². The molecule has 0 radical (unpaired) electrons. The number of aliphatic carboxylic acids is 1. The van der Waals surface area contributed by atoms with Crippen LogP contribution in [0.4, 0.5) is 0 Å². The molecular weight excluding hydrogens is 198 g/mol. The van der Waals surface area contributed by atoms with Crippen LogP contribution in [0.5, 0.6) is 0 Å². The van der Waals surface area contributed by atoms with E-state index in [9.17, 15) is 4.79 Å². The molecule has 0 saturated heterocycles. The fraction of sp³-hybridized carbons (Fsp3) is 0.900. The number of thiol groups is 1. The van der Waals surface area contributed by atoms with E-state index in [4.69, 9.17) is 10.8 Å². The normalized spacial score (nSPS) is 15.1. The van der Waals surface area contributed by atoms with E-state index in [0.29, 0.717) is 6.42 Å². The van der Waals surface area contributed by atoms with Gasteiger partial charge in [-0.1, -0.05) is 45.4 Å². The van der Waals surface area contributed by atoms with Gasteiger partial charge in [-0.25, -0.2) is 4.79 Å². The van der Waals surface area contributed by atoms with E-state index in [0.717, 1.165) is 19.3 Å². The molecule has 0 aromatic rings. The second-order valence-corrected chi connectivity index (χ2v) is 4.55. The zero-order valence-corrected chi connectivity index (χ0v) is 9.72. The highest BCUT2D eigenvalue weighted by molar-refractivity contribution is 7.82. The highest BCUT2D eigenvalue weighted by Gasteiger charge is 2.27. The molecule has 0 spiro atoms. The quantitative estimate of drug-likeness (QED) is 0.334. The maximum absolute atomic E-state index is 10.6. The average molecular weight is 219 g/mol. The molecule has 0 heterocycles. The minimum atomic E-state index is -1.34. The first-order valence-corrected chi connectivity index (χ1v) is 5.70. The van der Waals surface area contributed by atoms with Crippen molar-refractivity contribution in [2.24, 2.45) is 5.73 Å². The number of hydrogen-bond donors (Lipinski definition) is 3. The Labute approximate surface area is 91.5 Å². The van der Waals surface area contributed by atoms with Gasteiger partial charge in [0.05, 0.1) is 0 Å². The second-order valence-electron chi connectivity index (χ2n) is 3.75. The Hall–Kier alpha value is -0.220. The van der Waals surface area contributed by atoms with Gasteiger partial charge in [-0.15, -0.1) is 12.6 Å². The Morgan fingerprint density at radius 1 is 1.29 bits per heavy atom. The largest absolute Gasteiger partial charge is 0.479 e. The molecule has 4 heteroatoms. The van der Waals surface area contributed by atoms with Crippen LogP contribution < -0.4 is 5.73 Å². The van der Waals surface area contributed by atoms with Crippen molar-refractivity contribution in [2.45, 2.75) is 56.7 Å².